The Bertz CT molecular complexity index is 700. The van der Waals surface area contributed by atoms with Crippen LogP contribution >= 0.6 is 11.8 Å². The van der Waals surface area contributed by atoms with Crippen LogP contribution in [-0.2, 0) is 9.59 Å². The summed E-state index contributed by atoms with van der Waals surface area (Å²) >= 11 is 1.58. The Hall–Kier alpha value is -2.02. The zero-order valence-corrected chi connectivity index (χ0v) is 15.0. The van der Waals surface area contributed by atoms with E-state index in [-0.39, 0.29) is 23.3 Å². The van der Waals surface area contributed by atoms with E-state index in [0.29, 0.717) is 22.9 Å². The third-order valence-corrected chi connectivity index (χ3v) is 5.92. The average molecular weight is 362 g/mol. The molecule has 1 aliphatic heterocycles. The quantitative estimate of drug-likeness (QED) is 0.860. The maximum absolute atomic E-state index is 12.7. The molecular formula is C18H22N2O4S. The van der Waals surface area contributed by atoms with Crippen molar-refractivity contribution in [3.8, 4) is 0 Å². The fraction of sp³-hybridized carbons (Fsp3) is 0.500. The summed E-state index contributed by atoms with van der Waals surface area (Å²) in [5, 5.41) is 12.0. The van der Waals surface area contributed by atoms with E-state index in [2.05, 4.69) is 5.32 Å². The van der Waals surface area contributed by atoms with Crippen molar-refractivity contribution in [1.82, 2.24) is 4.90 Å². The van der Waals surface area contributed by atoms with Crippen LogP contribution in [0.3, 0.4) is 0 Å². The van der Waals surface area contributed by atoms with Crippen molar-refractivity contribution in [1.29, 1.82) is 0 Å². The summed E-state index contributed by atoms with van der Waals surface area (Å²) in [6, 6.07) is 4.32. The lowest BCUT2D eigenvalue weighted by Gasteiger charge is -2.25. The second-order valence-corrected chi connectivity index (χ2v) is 7.63. The number of carbonyl (C=O) groups is 3. The van der Waals surface area contributed by atoms with Gasteiger partial charge in [0.15, 0.2) is 0 Å². The number of nitrogens with one attached hydrogen (secondary N) is 1. The number of aromatic carboxylic acids is 1. The summed E-state index contributed by atoms with van der Waals surface area (Å²) < 4.78 is 0. The molecule has 2 N–H and O–H groups in total. The predicted molar refractivity (Wildman–Crippen MR) is 96.7 cm³/mol. The minimum absolute atomic E-state index is 0.0481. The first-order chi connectivity index (χ1) is 12.0. The maximum Gasteiger partial charge on any atom is 0.336 e. The number of carboxylic acid groups (broad SMARTS) is 1. The van der Waals surface area contributed by atoms with Crippen molar-refractivity contribution < 1.29 is 19.5 Å². The molecule has 1 saturated heterocycles. The number of aryl methyl sites for hydroxylation is 1. The number of nitrogens with zero attached hydrogens (tertiary/aromatic N) is 1. The van der Waals surface area contributed by atoms with Crippen LogP contribution in [0.25, 0.3) is 0 Å². The van der Waals surface area contributed by atoms with Crippen LogP contribution in [0.5, 0.6) is 0 Å². The maximum atomic E-state index is 12.7. The van der Waals surface area contributed by atoms with Gasteiger partial charge in [-0.1, -0.05) is 18.9 Å². The highest BCUT2D eigenvalue weighted by Gasteiger charge is 2.38. The smallest absolute Gasteiger partial charge is 0.336 e. The molecule has 1 aromatic rings. The molecule has 2 fully saturated rings. The summed E-state index contributed by atoms with van der Waals surface area (Å²) in [6.45, 7) is 1.71. The zero-order chi connectivity index (χ0) is 18.0. The van der Waals surface area contributed by atoms with Crippen molar-refractivity contribution in [2.45, 2.75) is 38.6 Å². The third kappa shape index (κ3) is 3.81. The zero-order valence-electron chi connectivity index (χ0n) is 14.2. The standard InChI is InChI=1S/C18H22N2O4S/c1-11-6-7-13(8-14(11)18(23)24)19-16(21)15-9-25-10-20(15)17(22)12-4-2-3-5-12/h6-8,12,15H,2-5,9-10H2,1H3,(H,19,21)(H,23,24). The Morgan fingerprint density at radius 3 is 2.64 bits per heavy atom. The first-order valence-corrected chi connectivity index (χ1v) is 9.66. The Labute approximate surface area is 151 Å². The van der Waals surface area contributed by atoms with E-state index in [4.69, 9.17) is 0 Å². The summed E-state index contributed by atoms with van der Waals surface area (Å²) in [7, 11) is 0. The molecule has 1 aromatic carbocycles. The summed E-state index contributed by atoms with van der Waals surface area (Å²) in [4.78, 5) is 38.2. The molecule has 2 amide bonds. The van der Waals surface area contributed by atoms with Gasteiger partial charge in [-0.15, -0.1) is 11.8 Å². The van der Waals surface area contributed by atoms with Gasteiger partial charge in [0.2, 0.25) is 11.8 Å². The first-order valence-electron chi connectivity index (χ1n) is 8.50. The van der Waals surface area contributed by atoms with Gasteiger partial charge < -0.3 is 15.3 Å². The fourth-order valence-corrected chi connectivity index (χ4v) is 4.60. The highest BCUT2D eigenvalue weighted by Crippen LogP contribution is 2.31. The average Bonchev–Trinajstić information content (AvgIpc) is 3.27. The lowest BCUT2D eigenvalue weighted by molar-refractivity contribution is -0.139. The molecule has 7 heteroatoms. The molecule has 1 heterocycles. The van der Waals surface area contributed by atoms with Gasteiger partial charge >= 0.3 is 5.97 Å². The SMILES string of the molecule is Cc1ccc(NC(=O)C2CSCN2C(=O)C2CCCC2)cc1C(=O)O. The fourth-order valence-electron chi connectivity index (χ4n) is 3.44. The number of hydrogen-bond acceptors (Lipinski definition) is 4. The summed E-state index contributed by atoms with van der Waals surface area (Å²) in [5.41, 5.74) is 1.25. The highest BCUT2D eigenvalue weighted by molar-refractivity contribution is 7.99. The van der Waals surface area contributed by atoms with Crippen molar-refractivity contribution >= 4 is 35.2 Å². The van der Waals surface area contributed by atoms with Crippen molar-refractivity contribution in [3.63, 3.8) is 0 Å². The molecular weight excluding hydrogens is 340 g/mol. The monoisotopic (exact) mass is 362 g/mol. The van der Waals surface area contributed by atoms with Crippen LogP contribution in [0.1, 0.15) is 41.6 Å². The molecule has 1 saturated carbocycles. The Morgan fingerprint density at radius 2 is 1.96 bits per heavy atom. The minimum Gasteiger partial charge on any atom is -0.478 e. The van der Waals surface area contributed by atoms with Crippen LogP contribution in [0.15, 0.2) is 18.2 Å². The van der Waals surface area contributed by atoms with Crippen molar-refractivity contribution in [2.24, 2.45) is 5.92 Å². The number of hydrogen-bond donors (Lipinski definition) is 2. The number of anilines is 1. The number of rotatable bonds is 4. The van der Waals surface area contributed by atoms with E-state index in [1.54, 1.807) is 35.7 Å². The van der Waals surface area contributed by atoms with Gasteiger partial charge in [0, 0.05) is 17.4 Å². The molecule has 1 aliphatic carbocycles. The minimum atomic E-state index is -1.02. The molecule has 0 spiro atoms. The second-order valence-electron chi connectivity index (χ2n) is 6.63. The molecule has 134 valence electrons. The molecule has 1 unspecified atom stereocenters. The van der Waals surface area contributed by atoms with Gasteiger partial charge in [-0.25, -0.2) is 4.79 Å². The molecule has 0 aromatic heterocycles. The molecule has 3 rings (SSSR count). The Morgan fingerprint density at radius 1 is 1.24 bits per heavy atom. The van der Waals surface area contributed by atoms with Crippen LogP contribution in [-0.4, -0.2) is 45.5 Å². The van der Waals surface area contributed by atoms with Gasteiger partial charge in [-0.3, -0.25) is 9.59 Å². The van der Waals surface area contributed by atoms with Gasteiger partial charge in [-0.05, 0) is 37.5 Å². The van der Waals surface area contributed by atoms with Crippen LogP contribution in [0.4, 0.5) is 5.69 Å². The van der Waals surface area contributed by atoms with E-state index in [1.165, 1.54) is 6.07 Å². The van der Waals surface area contributed by atoms with Gasteiger partial charge in [0.1, 0.15) is 6.04 Å². The van der Waals surface area contributed by atoms with E-state index in [1.807, 2.05) is 0 Å². The molecule has 1 atom stereocenters. The van der Waals surface area contributed by atoms with Gasteiger partial charge in [-0.2, -0.15) is 0 Å². The summed E-state index contributed by atoms with van der Waals surface area (Å²) in [5.74, 6) is -0.0340. The lowest BCUT2D eigenvalue weighted by atomic mass is 10.1. The van der Waals surface area contributed by atoms with E-state index in [0.717, 1.165) is 25.7 Å². The number of thioether (sulfide) groups is 1. The molecule has 2 aliphatic rings. The largest absolute Gasteiger partial charge is 0.478 e. The molecule has 25 heavy (non-hydrogen) atoms. The van der Waals surface area contributed by atoms with Gasteiger partial charge in [0.25, 0.3) is 0 Å². The van der Waals surface area contributed by atoms with Crippen LogP contribution in [0.2, 0.25) is 0 Å². The second kappa shape index (κ2) is 7.47. The molecule has 0 radical (unpaired) electrons. The normalized spacial score (nSPS) is 20.7. The van der Waals surface area contributed by atoms with Gasteiger partial charge in [0.05, 0.1) is 11.4 Å². The van der Waals surface area contributed by atoms with Crippen molar-refractivity contribution in [3.05, 3.63) is 29.3 Å². The first kappa shape index (κ1) is 17.8. The van der Waals surface area contributed by atoms with E-state index in [9.17, 15) is 19.5 Å². The van der Waals surface area contributed by atoms with Crippen LogP contribution in [0, 0.1) is 12.8 Å². The van der Waals surface area contributed by atoms with Crippen molar-refractivity contribution in [2.75, 3.05) is 16.9 Å². The highest BCUT2D eigenvalue weighted by atomic mass is 32.2. The third-order valence-electron chi connectivity index (χ3n) is 4.91. The number of carbonyl (C=O) groups excluding carboxylic acids is 2. The van der Waals surface area contributed by atoms with E-state index >= 15 is 0 Å². The predicted octanol–water partition coefficient (Wildman–Crippen LogP) is 2.72. The number of amides is 2. The van der Waals surface area contributed by atoms with E-state index < -0.39 is 12.0 Å². The lowest BCUT2D eigenvalue weighted by Crippen LogP contribution is -2.46. The Kier molecular flexibility index (Phi) is 5.32. The topological polar surface area (TPSA) is 86.7 Å². The number of benzene rings is 1. The molecule has 0 bridgehead atoms. The Balaban J connectivity index is 1.70. The summed E-state index contributed by atoms with van der Waals surface area (Å²) in [6.07, 6.45) is 3.98. The molecule has 6 nitrogen and oxygen atoms in total. The van der Waals surface area contributed by atoms with Crippen LogP contribution < -0.4 is 5.32 Å². The number of carboxylic acids is 1.